The van der Waals surface area contributed by atoms with Crippen molar-refractivity contribution in [2.45, 2.75) is 0 Å². The molecule has 22 heavy (non-hydrogen) atoms. The second-order valence-electron chi connectivity index (χ2n) is 5.09. The van der Waals surface area contributed by atoms with E-state index in [9.17, 15) is 15.0 Å². The topological polar surface area (TPSA) is 79.7 Å². The highest BCUT2D eigenvalue weighted by Crippen LogP contribution is 2.51. The van der Waals surface area contributed by atoms with Gasteiger partial charge in [0.1, 0.15) is 0 Å². The number of benzene rings is 1. The molecule has 0 spiro atoms. The first-order chi connectivity index (χ1) is 10.6. The van der Waals surface area contributed by atoms with Crippen LogP contribution < -0.4 is 10.2 Å². The highest BCUT2D eigenvalue weighted by molar-refractivity contribution is 6.16. The fraction of sp³-hybridized carbons (Fsp3) is 0.0588. The molecule has 108 valence electrons. The first kappa shape index (κ1) is 12.6. The molecule has 2 aromatic carbocycles. The Kier molecular flexibility index (Phi) is 2.42. The van der Waals surface area contributed by atoms with Crippen LogP contribution in [-0.2, 0) is 0 Å². The third kappa shape index (κ3) is 1.42. The van der Waals surface area contributed by atoms with Gasteiger partial charge in [-0.3, -0.25) is 9.78 Å². The number of pyridine rings is 1. The second kappa shape index (κ2) is 4.21. The van der Waals surface area contributed by atoms with Gasteiger partial charge in [0.25, 0.3) is 0 Å². The summed E-state index contributed by atoms with van der Waals surface area (Å²) in [5.74, 6) is -0.215. The Bertz CT molecular complexity index is 1010. The maximum absolute atomic E-state index is 12.5. The molecule has 5 heteroatoms. The van der Waals surface area contributed by atoms with Crippen LogP contribution in [0.1, 0.15) is 0 Å². The standard InChI is InChI=1S/C17H11NO4/c1-22-11-7-8-5-6-18-15-9-3-2-4-10(19)16(20)13(9)14(12(8)15)17(11)21/h2-7,21H,1H3,(H,19,20). The summed E-state index contributed by atoms with van der Waals surface area (Å²) in [5, 5.41) is 21.8. The summed E-state index contributed by atoms with van der Waals surface area (Å²) in [4.78, 5) is 16.8. The van der Waals surface area contributed by atoms with Crippen molar-refractivity contribution in [3.05, 3.63) is 46.8 Å². The number of nitrogens with zero attached hydrogens (tertiary/aromatic N) is 1. The predicted octanol–water partition coefficient (Wildman–Crippen LogP) is 2.66. The van der Waals surface area contributed by atoms with E-state index in [0.717, 1.165) is 5.39 Å². The summed E-state index contributed by atoms with van der Waals surface area (Å²) in [7, 11) is 1.45. The van der Waals surface area contributed by atoms with E-state index in [0.29, 0.717) is 22.2 Å². The molecule has 0 aliphatic heterocycles. The maximum Gasteiger partial charge on any atom is 0.228 e. The van der Waals surface area contributed by atoms with E-state index in [1.54, 1.807) is 30.5 Å². The Morgan fingerprint density at radius 3 is 2.73 bits per heavy atom. The molecule has 2 N–H and O–H groups in total. The zero-order valence-corrected chi connectivity index (χ0v) is 11.6. The van der Waals surface area contributed by atoms with Gasteiger partial charge in [0, 0.05) is 28.3 Å². The first-order valence-electron chi connectivity index (χ1n) is 6.69. The van der Waals surface area contributed by atoms with Crippen molar-refractivity contribution in [3.8, 4) is 39.6 Å². The monoisotopic (exact) mass is 293 g/mol. The zero-order valence-electron chi connectivity index (χ0n) is 11.6. The van der Waals surface area contributed by atoms with Crippen LogP contribution in [0, 0.1) is 0 Å². The Morgan fingerprint density at radius 2 is 1.95 bits per heavy atom. The van der Waals surface area contributed by atoms with Gasteiger partial charge in [0.05, 0.1) is 12.8 Å². The molecule has 0 radical (unpaired) electrons. The molecule has 3 aromatic rings. The van der Waals surface area contributed by atoms with Gasteiger partial charge < -0.3 is 14.9 Å². The number of rotatable bonds is 1. The lowest BCUT2D eigenvalue weighted by molar-refractivity contribution is 0.375. The summed E-state index contributed by atoms with van der Waals surface area (Å²) in [6.45, 7) is 0. The summed E-state index contributed by atoms with van der Waals surface area (Å²) in [5.41, 5.74) is 1.28. The lowest BCUT2D eigenvalue weighted by Gasteiger charge is -2.09. The number of hydrogen-bond acceptors (Lipinski definition) is 5. The van der Waals surface area contributed by atoms with Gasteiger partial charge in [-0.05, 0) is 23.6 Å². The van der Waals surface area contributed by atoms with Crippen molar-refractivity contribution in [3.63, 3.8) is 0 Å². The van der Waals surface area contributed by atoms with Crippen molar-refractivity contribution < 1.29 is 14.9 Å². The molecule has 1 aliphatic carbocycles. The quantitative estimate of drug-likeness (QED) is 0.564. The molecule has 0 atom stereocenters. The number of phenolic OH excluding ortho intramolecular Hbond substituents is 1. The van der Waals surface area contributed by atoms with Gasteiger partial charge in [-0.25, -0.2) is 0 Å². The molecule has 0 saturated heterocycles. The molecule has 1 heterocycles. The van der Waals surface area contributed by atoms with Crippen LogP contribution in [0.5, 0.6) is 17.2 Å². The van der Waals surface area contributed by atoms with Crippen LogP contribution in [0.25, 0.3) is 33.2 Å². The fourth-order valence-corrected chi connectivity index (χ4v) is 3.00. The fourth-order valence-electron chi connectivity index (χ4n) is 3.00. The highest BCUT2D eigenvalue weighted by atomic mass is 16.5. The minimum Gasteiger partial charge on any atom is -0.504 e. The van der Waals surface area contributed by atoms with Gasteiger partial charge >= 0.3 is 0 Å². The van der Waals surface area contributed by atoms with E-state index < -0.39 is 5.43 Å². The van der Waals surface area contributed by atoms with Crippen molar-refractivity contribution in [1.29, 1.82) is 0 Å². The Hall–Kier alpha value is -3.08. The van der Waals surface area contributed by atoms with Crippen LogP contribution in [0.15, 0.2) is 41.3 Å². The summed E-state index contributed by atoms with van der Waals surface area (Å²) < 4.78 is 5.19. The van der Waals surface area contributed by atoms with E-state index in [4.69, 9.17) is 4.74 Å². The molecule has 0 saturated carbocycles. The molecular weight excluding hydrogens is 282 g/mol. The number of aromatic nitrogens is 1. The Labute approximate surface area is 125 Å². The van der Waals surface area contributed by atoms with E-state index in [-0.39, 0.29) is 22.8 Å². The molecule has 4 rings (SSSR count). The van der Waals surface area contributed by atoms with Gasteiger partial charge in [0.2, 0.25) is 5.43 Å². The number of fused-ring (bicyclic) bond motifs is 3. The van der Waals surface area contributed by atoms with E-state index in [1.165, 1.54) is 13.2 Å². The smallest absolute Gasteiger partial charge is 0.228 e. The normalized spacial score (nSPS) is 11.5. The number of aromatic hydroxyl groups is 2. The lowest BCUT2D eigenvalue weighted by Crippen LogP contribution is -2.00. The van der Waals surface area contributed by atoms with Crippen molar-refractivity contribution >= 4 is 10.8 Å². The Morgan fingerprint density at radius 1 is 1.14 bits per heavy atom. The minimum absolute atomic E-state index is 0.120. The zero-order chi connectivity index (χ0) is 15.4. The molecule has 1 aliphatic rings. The van der Waals surface area contributed by atoms with Crippen molar-refractivity contribution in [1.82, 2.24) is 4.98 Å². The van der Waals surface area contributed by atoms with E-state index in [1.807, 2.05) is 0 Å². The van der Waals surface area contributed by atoms with Gasteiger partial charge in [-0.15, -0.1) is 0 Å². The third-order valence-corrected chi connectivity index (χ3v) is 3.96. The van der Waals surface area contributed by atoms with Crippen LogP contribution >= 0.6 is 0 Å². The average Bonchev–Trinajstić information content (AvgIpc) is 2.78. The summed E-state index contributed by atoms with van der Waals surface area (Å²) >= 11 is 0. The van der Waals surface area contributed by atoms with Crippen LogP contribution in [0.4, 0.5) is 0 Å². The summed E-state index contributed by atoms with van der Waals surface area (Å²) in [6, 6.07) is 8.13. The minimum atomic E-state index is -0.539. The largest absolute Gasteiger partial charge is 0.504 e. The van der Waals surface area contributed by atoms with Crippen LogP contribution in [0.2, 0.25) is 0 Å². The van der Waals surface area contributed by atoms with E-state index >= 15 is 0 Å². The molecule has 1 aromatic heterocycles. The molecular formula is C17H11NO4. The Balaban J connectivity index is 2.32. The number of phenols is 1. The number of hydrogen-bond donors (Lipinski definition) is 2. The van der Waals surface area contributed by atoms with Gasteiger partial charge in [0.15, 0.2) is 17.2 Å². The molecule has 5 nitrogen and oxygen atoms in total. The number of ether oxygens (including phenoxy) is 1. The lowest BCUT2D eigenvalue weighted by atomic mass is 10.0. The SMILES string of the molecule is COc1cc2ccnc3c2c(c1O)-c1c-3cccc(O)c1=O. The molecule has 0 unspecified atom stereocenters. The molecule has 0 bridgehead atoms. The van der Waals surface area contributed by atoms with Gasteiger partial charge in [-0.1, -0.05) is 12.1 Å². The van der Waals surface area contributed by atoms with Gasteiger partial charge in [-0.2, -0.15) is 0 Å². The number of methoxy groups -OCH3 is 1. The molecule has 0 fully saturated rings. The van der Waals surface area contributed by atoms with Crippen LogP contribution in [0.3, 0.4) is 0 Å². The maximum atomic E-state index is 12.5. The average molecular weight is 293 g/mol. The van der Waals surface area contributed by atoms with Crippen LogP contribution in [-0.4, -0.2) is 22.3 Å². The predicted molar refractivity (Wildman–Crippen MR) is 82.3 cm³/mol. The summed E-state index contributed by atoms with van der Waals surface area (Å²) in [6.07, 6.45) is 1.64. The second-order valence-corrected chi connectivity index (χ2v) is 5.09. The first-order valence-corrected chi connectivity index (χ1v) is 6.69. The highest BCUT2D eigenvalue weighted by Gasteiger charge is 2.29. The van der Waals surface area contributed by atoms with Crippen molar-refractivity contribution in [2.24, 2.45) is 0 Å². The molecule has 0 amide bonds. The van der Waals surface area contributed by atoms with E-state index in [2.05, 4.69) is 4.98 Å². The third-order valence-electron chi connectivity index (χ3n) is 3.96. The van der Waals surface area contributed by atoms with Crippen molar-refractivity contribution in [2.75, 3.05) is 7.11 Å².